The molecule has 1 saturated heterocycles. The largest absolute Gasteiger partial charge is 0.376 e. The maximum Gasteiger partial charge on any atom is 0.249 e. The molecule has 1 heterocycles. The van der Waals surface area contributed by atoms with E-state index in [-0.39, 0.29) is 23.9 Å². The third-order valence-corrected chi connectivity index (χ3v) is 4.71. The van der Waals surface area contributed by atoms with E-state index in [0.29, 0.717) is 13.0 Å². The summed E-state index contributed by atoms with van der Waals surface area (Å²) < 4.78 is 25.0. The van der Waals surface area contributed by atoms with Gasteiger partial charge in [-0.3, -0.25) is 4.79 Å². The molecule has 0 bridgehead atoms. The molecular weight excluding hydrogens is 297 g/mol. The number of ether oxygens (including phenoxy) is 2. The van der Waals surface area contributed by atoms with Crippen LogP contribution < -0.4 is 5.32 Å². The van der Waals surface area contributed by atoms with Crippen molar-refractivity contribution in [3.05, 3.63) is 35.1 Å². The first-order valence-corrected chi connectivity index (χ1v) is 8.46. The first-order chi connectivity index (χ1) is 11.1. The highest BCUT2D eigenvalue weighted by molar-refractivity contribution is 5.81. The smallest absolute Gasteiger partial charge is 0.249 e. The van der Waals surface area contributed by atoms with Crippen molar-refractivity contribution in [1.82, 2.24) is 5.32 Å². The van der Waals surface area contributed by atoms with Crippen LogP contribution in [0.1, 0.15) is 49.8 Å². The summed E-state index contributed by atoms with van der Waals surface area (Å²) in [4.78, 5) is 12.3. The summed E-state index contributed by atoms with van der Waals surface area (Å²) in [6.07, 6.45) is 4.21. The quantitative estimate of drug-likeness (QED) is 0.907. The third kappa shape index (κ3) is 3.90. The zero-order valence-electron chi connectivity index (χ0n) is 13.5. The number of carbonyl (C=O) groups is 1. The maximum atomic E-state index is 13.7. The first-order valence-electron chi connectivity index (χ1n) is 8.46. The molecule has 1 aliphatic heterocycles. The van der Waals surface area contributed by atoms with E-state index >= 15 is 0 Å². The second kappa shape index (κ2) is 7.41. The number of halogens is 1. The highest BCUT2D eigenvalue weighted by Gasteiger charge is 2.28. The molecule has 1 N–H and O–H groups in total. The molecule has 3 rings (SSSR count). The second-order valence-electron chi connectivity index (χ2n) is 6.37. The van der Waals surface area contributed by atoms with Gasteiger partial charge in [-0.25, -0.2) is 4.39 Å². The Hall–Kier alpha value is -1.46. The van der Waals surface area contributed by atoms with Crippen LogP contribution in [-0.2, 0) is 20.7 Å². The monoisotopic (exact) mass is 321 g/mol. The Bertz CT molecular complexity index is 557. The average molecular weight is 321 g/mol. The van der Waals surface area contributed by atoms with Crippen molar-refractivity contribution in [3.8, 4) is 0 Å². The van der Waals surface area contributed by atoms with Crippen molar-refractivity contribution in [2.75, 3.05) is 13.2 Å². The summed E-state index contributed by atoms with van der Waals surface area (Å²) in [5, 5.41) is 2.98. The minimum absolute atomic E-state index is 0.0975. The van der Waals surface area contributed by atoms with E-state index in [1.54, 1.807) is 13.0 Å². The highest BCUT2D eigenvalue weighted by Crippen LogP contribution is 2.32. The van der Waals surface area contributed by atoms with E-state index in [9.17, 15) is 9.18 Å². The molecule has 3 atom stereocenters. The fraction of sp³-hybridized carbons (Fsp3) is 0.611. The first kappa shape index (κ1) is 16.4. The Morgan fingerprint density at radius 2 is 2.30 bits per heavy atom. The molecule has 4 nitrogen and oxygen atoms in total. The van der Waals surface area contributed by atoms with Crippen LogP contribution in [0, 0.1) is 5.82 Å². The van der Waals surface area contributed by atoms with Crippen molar-refractivity contribution in [2.45, 2.75) is 57.3 Å². The molecule has 1 aliphatic carbocycles. The van der Waals surface area contributed by atoms with Crippen LogP contribution in [0.3, 0.4) is 0 Å². The van der Waals surface area contributed by atoms with Crippen molar-refractivity contribution in [3.63, 3.8) is 0 Å². The maximum absolute atomic E-state index is 13.7. The molecule has 2 aliphatic rings. The molecule has 5 heteroatoms. The Kier molecular flexibility index (Phi) is 5.28. The lowest BCUT2D eigenvalue weighted by atomic mass is 10.1. The van der Waals surface area contributed by atoms with E-state index < -0.39 is 6.10 Å². The topological polar surface area (TPSA) is 47.6 Å². The zero-order chi connectivity index (χ0) is 16.2. The number of rotatable bonds is 5. The lowest BCUT2D eigenvalue weighted by molar-refractivity contribution is -0.136. The SMILES string of the molecule is C[C@@H](OC[C@@H]1CCCCO1)C(=O)N[C@@H]1CCc2c(F)cccc21. The molecule has 0 spiro atoms. The lowest BCUT2D eigenvalue weighted by Gasteiger charge is -2.24. The lowest BCUT2D eigenvalue weighted by Crippen LogP contribution is -2.38. The molecule has 1 fully saturated rings. The summed E-state index contributed by atoms with van der Waals surface area (Å²) in [6.45, 7) is 2.98. The minimum Gasteiger partial charge on any atom is -0.376 e. The minimum atomic E-state index is -0.530. The molecule has 0 unspecified atom stereocenters. The number of fused-ring (bicyclic) bond motifs is 1. The standard InChI is InChI=1S/C18H24FNO3/c1-12(23-11-13-5-2-3-10-22-13)18(21)20-17-9-8-14-15(17)6-4-7-16(14)19/h4,6-7,12-13,17H,2-3,5,8-11H2,1H3,(H,20,21)/t12-,13+,17-/m1/s1. The van der Waals surface area contributed by atoms with Gasteiger partial charge < -0.3 is 14.8 Å². The van der Waals surface area contributed by atoms with Crippen molar-refractivity contribution >= 4 is 5.91 Å². The van der Waals surface area contributed by atoms with Crippen LogP contribution in [-0.4, -0.2) is 31.3 Å². The molecular formula is C18H24FNO3. The van der Waals surface area contributed by atoms with Crippen LogP contribution in [0.25, 0.3) is 0 Å². The van der Waals surface area contributed by atoms with Gasteiger partial charge in [0.2, 0.25) is 5.91 Å². The fourth-order valence-electron chi connectivity index (χ4n) is 3.31. The number of carbonyl (C=O) groups excluding carboxylic acids is 1. The molecule has 126 valence electrons. The van der Waals surface area contributed by atoms with Gasteiger partial charge in [0.15, 0.2) is 0 Å². The van der Waals surface area contributed by atoms with E-state index in [4.69, 9.17) is 9.47 Å². The number of benzene rings is 1. The van der Waals surface area contributed by atoms with Gasteiger partial charge in [-0.05, 0) is 56.2 Å². The molecule has 0 aromatic heterocycles. The number of amides is 1. The summed E-state index contributed by atoms with van der Waals surface area (Å²) >= 11 is 0. The molecule has 1 amide bonds. The third-order valence-electron chi connectivity index (χ3n) is 4.71. The normalized spacial score (nSPS) is 25.0. The van der Waals surface area contributed by atoms with E-state index in [1.807, 2.05) is 6.07 Å². The van der Waals surface area contributed by atoms with Crippen molar-refractivity contribution in [1.29, 1.82) is 0 Å². The number of nitrogens with one attached hydrogen (secondary N) is 1. The number of hydrogen-bond acceptors (Lipinski definition) is 3. The average Bonchev–Trinajstić information content (AvgIpc) is 2.98. The fourth-order valence-corrected chi connectivity index (χ4v) is 3.31. The Balaban J connectivity index is 1.50. The van der Waals surface area contributed by atoms with Crippen LogP contribution in [0.4, 0.5) is 4.39 Å². The van der Waals surface area contributed by atoms with Gasteiger partial charge >= 0.3 is 0 Å². The predicted octanol–water partition coefficient (Wildman–Crippen LogP) is 2.90. The highest BCUT2D eigenvalue weighted by atomic mass is 19.1. The molecule has 0 saturated carbocycles. The summed E-state index contributed by atoms with van der Waals surface area (Å²) in [6, 6.07) is 4.93. The van der Waals surface area contributed by atoms with Gasteiger partial charge in [-0.1, -0.05) is 12.1 Å². The predicted molar refractivity (Wildman–Crippen MR) is 84.6 cm³/mol. The van der Waals surface area contributed by atoms with Crippen LogP contribution in [0.15, 0.2) is 18.2 Å². The van der Waals surface area contributed by atoms with E-state index in [2.05, 4.69) is 5.32 Å². The van der Waals surface area contributed by atoms with Crippen molar-refractivity contribution in [2.24, 2.45) is 0 Å². The van der Waals surface area contributed by atoms with Gasteiger partial charge in [-0.15, -0.1) is 0 Å². The van der Waals surface area contributed by atoms with Gasteiger partial charge in [0.05, 0.1) is 18.8 Å². The van der Waals surface area contributed by atoms with Crippen LogP contribution >= 0.6 is 0 Å². The molecule has 1 aromatic carbocycles. The molecule has 1 aromatic rings. The van der Waals surface area contributed by atoms with E-state index in [1.165, 1.54) is 6.07 Å². The summed E-state index contributed by atoms with van der Waals surface area (Å²) in [5.41, 5.74) is 1.61. The Morgan fingerprint density at radius 3 is 3.09 bits per heavy atom. The second-order valence-corrected chi connectivity index (χ2v) is 6.37. The molecule has 23 heavy (non-hydrogen) atoms. The van der Waals surface area contributed by atoms with Gasteiger partial charge in [0.25, 0.3) is 0 Å². The number of hydrogen-bond donors (Lipinski definition) is 1. The molecule has 0 radical (unpaired) electrons. The zero-order valence-corrected chi connectivity index (χ0v) is 13.5. The Morgan fingerprint density at radius 1 is 1.43 bits per heavy atom. The van der Waals surface area contributed by atoms with E-state index in [0.717, 1.165) is 43.4 Å². The van der Waals surface area contributed by atoms with Gasteiger partial charge in [-0.2, -0.15) is 0 Å². The Labute approximate surface area is 136 Å². The summed E-state index contributed by atoms with van der Waals surface area (Å²) in [7, 11) is 0. The van der Waals surface area contributed by atoms with Gasteiger partial charge in [0.1, 0.15) is 11.9 Å². The summed E-state index contributed by atoms with van der Waals surface area (Å²) in [5.74, 6) is -0.332. The van der Waals surface area contributed by atoms with Gasteiger partial charge in [0, 0.05) is 6.61 Å². The van der Waals surface area contributed by atoms with Crippen molar-refractivity contribution < 1.29 is 18.7 Å². The van der Waals surface area contributed by atoms with Crippen LogP contribution in [0.2, 0.25) is 0 Å². The van der Waals surface area contributed by atoms with Crippen LogP contribution in [0.5, 0.6) is 0 Å².